The molecule has 21 heavy (non-hydrogen) atoms. The van der Waals surface area contributed by atoms with Crippen molar-refractivity contribution in [3.63, 3.8) is 0 Å². The van der Waals surface area contributed by atoms with Crippen LogP contribution in [0.5, 0.6) is 11.5 Å². The van der Waals surface area contributed by atoms with E-state index in [9.17, 15) is 14.5 Å². The van der Waals surface area contributed by atoms with Crippen LogP contribution in [0, 0.1) is 22.9 Å². The Bertz CT molecular complexity index is 709. The Balaban J connectivity index is 2.41. The Hall–Kier alpha value is -1.66. The summed E-state index contributed by atoms with van der Waals surface area (Å²) in [4.78, 5) is 10.1. The molecule has 0 saturated carbocycles. The number of hydrogen-bond acceptors (Lipinski definition) is 3. The SMILES string of the molecule is Cc1cc(Oc2ccc(Cl)cc2CBr)c(F)cc1[N+](=O)[O-]. The van der Waals surface area contributed by atoms with Crippen molar-refractivity contribution < 1.29 is 14.1 Å². The minimum atomic E-state index is -0.789. The zero-order chi connectivity index (χ0) is 15.6. The van der Waals surface area contributed by atoms with Gasteiger partial charge in [-0.3, -0.25) is 10.1 Å². The summed E-state index contributed by atoms with van der Waals surface area (Å²) in [5.74, 6) is -0.422. The molecule has 0 radical (unpaired) electrons. The predicted octanol–water partition coefficient (Wildman–Crippen LogP) is 5.38. The second kappa shape index (κ2) is 6.41. The average Bonchev–Trinajstić information content (AvgIpc) is 2.43. The Kier molecular flexibility index (Phi) is 4.80. The lowest BCUT2D eigenvalue weighted by atomic mass is 10.2. The quantitative estimate of drug-likeness (QED) is 0.410. The van der Waals surface area contributed by atoms with Gasteiger partial charge in [-0.25, -0.2) is 4.39 Å². The Morgan fingerprint density at radius 2 is 2.05 bits per heavy atom. The Morgan fingerprint density at radius 1 is 1.33 bits per heavy atom. The molecule has 7 heteroatoms. The van der Waals surface area contributed by atoms with Crippen LogP contribution in [0.25, 0.3) is 0 Å². The molecule has 0 aliphatic rings. The number of alkyl halides is 1. The van der Waals surface area contributed by atoms with Crippen molar-refractivity contribution in [2.75, 3.05) is 0 Å². The molecule has 0 aliphatic carbocycles. The van der Waals surface area contributed by atoms with Crippen molar-refractivity contribution in [1.82, 2.24) is 0 Å². The van der Waals surface area contributed by atoms with Gasteiger partial charge in [0.05, 0.1) is 11.0 Å². The minimum absolute atomic E-state index is 0.0670. The number of nitrogens with zero attached hydrogens (tertiary/aromatic N) is 1. The fourth-order valence-electron chi connectivity index (χ4n) is 1.79. The molecule has 0 fully saturated rings. The molecule has 2 rings (SSSR count). The molecule has 0 amide bonds. The second-order valence-electron chi connectivity index (χ2n) is 4.31. The van der Waals surface area contributed by atoms with Crippen LogP contribution in [0.1, 0.15) is 11.1 Å². The van der Waals surface area contributed by atoms with Gasteiger partial charge in [-0.1, -0.05) is 27.5 Å². The molecular weight excluding hydrogens is 365 g/mol. The maximum atomic E-state index is 13.9. The summed E-state index contributed by atoms with van der Waals surface area (Å²) in [6, 6.07) is 7.10. The molecule has 2 aromatic rings. The normalized spacial score (nSPS) is 10.5. The average molecular weight is 375 g/mol. The standard InChI is InChI=1S/C14H10BrClFNO3/c1-8-4-14(11(17)6-12(8)18(19)20)21-13-3-2-10(16)5-9(13)7-15/h2-6H,7H2,1H3. The molecule has 0 atom stereocenters. The monoisotopic (exact) mass is 373 g/mol. The van der Waals surface area contributed by atoms with Crippen molar-refractivity contribution in [3.8, 4) is 11.5 Å². The first-order valence-corrected chi connectivity index (χ1v) is 7.39. The summed E-state index contributed by atoms with van der Waals surface area (Å²) in [6.07, 6.45) is 0. The Labute approximate surface area is 133 Å². The van der Waals surface area contributed by atoms with Crippen LogP contribution < -0.4 is 4.74 Å². The molecule has 0 heterocycles. The number of halogens is 3. The number of nitro groups is 1. The number of benzene rings is 2. The van der Waals surface area contributed by atoms with Crippen molar-refractivity contribution in [2.24, 2.45) is 0 Å². The van der Waals surface area contributed by atoms with Crippen molar-refractivity contribution >= 4 is 33.2 Å². The molecule has 4 nitrogen and oxygen atoms in total. The van der Waals surface area contributed by atoms with E-state index in [0.29, 0.717) is 21.7 Å². The van der Waals surface area contributed by atoms with Gasteiger partial charge in [0.15, 0.2) is 11.6 Å². The first-order valence-electron chi connectivity index (χ1n) is 5.89. The smallest absolute Gasteiger partial charge is 0.275 e. The molecule has 0 aromatic heterocycles. The van der Waals surface area contributed by atoms with Gasteiger partial charge in [0, 0.05) is 21.5 Å². The van der Waals surface area contributed by atoms with Gasteiger partial charge in [-0.05, 0) is 31.2 Å². The minimum Gasteiger partial charge on any atom is -0.454 e. The number of rotatable bonds is 4. The summed E-state index contributed by atoms with van der Waals surface area (Å²) >= 11 is 9.18. The van der Waals surface area contributed by atoms with Crippen LogP contribution in [0.2, 0.25) is 5.02 Å². The lowest BCUT2D eigenvalue weighted by Crippen LogP contribution is -1.97. The lowest BCUT2D eigenvalue weighted by Gasteiger charge is -2.11. The predicted molar refractivity (Wildman–Crippen MR) is 81.9 cm³/mol. The van der Waals surface area contributed by atoms with E-state index < -0.39 is 10.7 Å². The number of hydrogen-bond donors (Lipinski definition) is 0. The van der Waals surface area contributed by atoms with Crippen molar-refractivity contribution in [2.45, 2.75) is 12.3 Å². The Morgan fingerprint density at radius 3 is 2.67 bits per heavy atom. The van der Waals surface area contributed by atoms with Gasteiger partial charge in [-0.15, -0.1) is 0 Å². The van der Waals surface area contributed by atoms with E-state index in [1.165, 1.54) is 13.0 Å². The number of aryl methyl sites for hydroxylation is 1. The fourth-order valence-corrected chi connectivity index (χ4v) is 2.42. The molecule has 0 unspecified atom stereocenters. The highest BCUT2D eigenvalue weighted by molar-refractivity contribution is 9.08. The summed E-state index contributed by atoms with van der Waals surface area (Å²) in [5.41, 5.74) is 0.792. The van der Waals surface area contributed by atoms with E-state index in [2.05, 4.69) is 15.9 Å². The summed E-state index contributed by atoms with van der Waals surface area (Å²) in [7, 11) is 0. The number of ether oxygens (including phenoxy) is 1. The zero-order valence-electron chi connectivity index (χ0n) is 10.9. The van der Waals surface area contributed by atoms with E-state index in [1.807, 2.05) is 0 Å². The highest BCUT2D eigenvalue weighted by atomic mass is 79.9. The maximum Gasteiger partial charge on any atom is 0.275 e. The lowest BCUT2D eigenvalue weighted by molar-refractivity contribution is -0.385. The van der Waals surface area contributed by atoms with Gasteiger partial charge in [-0.2, -0.15) is 0 Å². The maximum absolute atomic E-state index is 13.9. The molecule has 0 aliphatic heterocycles. The largest absolute Gasteiger partial charge is 0.454 e. The van der Waals surface area contributed by atoms with Crippen LogP contribution in [-0.2, 0) is 5.33 Å². The highest BCUT2D eigenvalue weighted by Gasteiger charge is 2.17. The van der Waals surface area contributed by atoms with Crippen LogP contribution in [0.3, 0.4) is 0 Å². The van der Waals surface area contributed by atoms with Crippen LogP contribution in [-0.4, -0.2) is 4.92 Å². The van der Waals surface area contributed by atoms with E-state index in [1.54, 1.807) is 18.2 Å². The molecule has 0 N–H and O–H groups in total. The van der Waals surface area contributed by atoms with Gasteiger partial charge in [0.1, 0.15) is 5.75 Å². The van der Waals surface area contributed by atoms with Crippen LogP contribution in [0.4, 0.5) is 10.1 Å². The molecule has 0 saturated heterocycles. The fraction of sp³-hybridized carbons (Fsp3) is 0.143. The third-order valence-electron chi connectivity index (χ3n) is 2.83. The topological polar surface area (TPSA) is 52.4 Å². The molecule has 2 aromatic carbocycles. The van der Waals surface area contributed by atoms with Gasteiger partial charge >= 0.3 is 0 Å². The summed E-state index contributed by atoms with van der Waals surface area (Å²) in [6.45, 7) is 1.53. The van der Waals surface area contributed by atoms with Crippen molar-refractivity contribution in [3.05, 3.63) is 62.4 Å². The van der Waals surface area contributed by atoms with Crippen LogP contribution >= 0.6 is 27.5 Å². The third kappa shape index (κ3) is 3.51. The summed E-state index contributed by atoms with van der Waals surface area (Å²) in [5, 5.41) is 11.8. The van der Waals surface area contributed by atoms with E-state index in [4.69, 9.17) is 16.3 Å². The molecule has 0 bridgehead atoms. The van der Waals surface area contributed by atoms with Gasteiger partial charge in [0.25, 0.3) is 5.69 Å². The molecule has 0 spiro atoms. The molecule has 110 valence electrons. The second-order valence-corrected chi connectivity index (χ2v) is 5.31. The summed E-state index contributed by atoms with van der Waals surface area (Å²) < 4.78 is 19.4. The van der Waals surface area contributed by atoms with E-state index in [-0.39, 0.29) is 11.4 Å². The first kappa shape index (κ1) is 15.7. The zero-order valence-corrected chi connectivity index (χ0v) is 13.2. The van der Waals surface area contributed by atoms with Gasteiger partial charge in [0.2, 0.25) is 0 Å². The van der Waals surface area contributed by atoms with Gasteiger partial charge < -0.3 is 4.74 Å². The van der Waals surface area contributed by atoms with Crippen LogP contribution in [0.15, 0.2) is 30.3 Å². The number of nitro benzene ring substituents is 1. The molecular formula is C14H10BrClFNO3. The van der Waals surface area contributed by atoms with E-state index >= 15 is 0 Å². The van der Waals surface area contributed by atoms with E-state index in [0.717, 1.165) is 11.6 Å². The third-order valence-corrected chi connectivity index (χ3v) is 3.67. The van der Waals surface area contributed by atoms with Crippen molar-refractivity contribution in [1.29, 1.82) is 0 Å². The highest BCUT2D eigenvalue weighted by Crippen LogP contribution is 2.33. The first-order chi connectivity index (χ1) is 9.92.